The van der Waals surface area contributed by atoms with Crippen molar-refractivity contribution in [1.29, 1.82) is 0 Å². The molecule has 0 amide bonds. The minimum Gasteiger partial charge on any atom is -0.494 e. The van der Waals surface area contributed by atoms with E-state index in [4.69, 9.17) is 9.47 Å². The van der Waals surface area contributed by atoms with Crippen LogP contribution in [0.5, 0.6) is 17.2 Å². The maximum Gasteiger partial charge on any atom is 0.426 e. The molecular formula is C25H20F6O3. The monoisotopic (exact) mass is 482 g/mol. The zero-order valence-corrected chi connectivity index (χ0v) is 18.2. The third kappa shape index (κ3) is 4.03. The molecule has 0 bridgehead atoms. The Kier molecular flexibility index (Phi) is 6.38. The molecule has 0 aromatic heterocycles. The first-order chi connectivity index (χ1) is 16.2. The molecule has 2 unspecified atom stereocenters. The first-order valence-corrected chi connectivity index (χ1v) is 10.6. The molecule has 3 aromatic rings. The molecule has 0 fully saturated rings. The Morgan fingerprint density at radius 3 is 1.74 bits per heavy atom. The van der Waals surface area contributed by atoms with E-state index in [-0.39, 0.29) is 23.5 Å². The van der Waals surface area contributed by atoms with Crippen LogP contribution in [0, 0.1) is 11.6 Å². The molecule has 1 aliphatic carbocycles. The van der Waals surface area contributed by atoms with Gasteiger partial charge in [-0.3, -0.25) is 0 Å². The topological polar surface area (TPSA) is 27.7 Å². The molecular weight excluding hydrogens is 462 g/mol. The summed E-state index contributed by atoms with van der Waals surface area (Å²) in [4.78, 5) is 0. The summed E-state index contributed by atoms with van der Waals surface area (Å²) in [6.45, 7) is 3.76. The van der Waals surface area contributed by atoms with Gasteiger partial charge in [-0.25, -0.2) is 17.6 Å². The fraction of sp³-hybridized carbons (Fsp3) is 0.280. The van der Waals surface area contributed by atoms with Gasteiger partial charge in [-0.2, -0.15) is 8.78 Å². The summed E-state index contributed by atoms with van der Waals surface area (Å²) >= 11 is 0. The quantitative estimate of drug-likeness (QED) is 0.325. The van der Waals surface area contributed by atoms with E-state index in [2.05, 4.69) is 4.74 Å². The zero-order chi connectivity index (χ0) is 24.6. The van der Waals surface area contributed by atoms with E-state index < -0.39 is 52.5 Å². The third-order valence-corrected chi connectivity index (χ3v) is 5.43. The van der Waals surface area contributed by atoms with Crippen molar-refractivity contribution in [2.75, 3.05) is 13.2 Å². The van der Waals surface area contributed by atoms with E-state index in [1.165, 1.54) is 24.3 Å². The summed E-state index contributed by atoms with van der Waals surface area (Å²) in [5.41, 5.74) is -2.28. The lowest BCUT2D eigenvalue weighted by Crippen LogP contribution is -2.23. The second-order valence-electron chi connectivity index (χ2n) is 7.49. The maximum atomic E-state index is 15.2. The maximum absolute atomic E-state index is 15.2. The fourth-order valence-electron chi connectivity index (χ4n) is 3.90. The number of halogens is 6. The summed E-state index contributed by atoms with van der Waals surface area (Å²) < 4.78 is 104. The molecule has 0 radical (unpaired) electrons. The van der Waals surface area contributed by atoms with Crippen LogP contribution in [0.25, 0.3) is 11.1 Å². The van der Waals surface area contributed by atoms with Crippen LogP contribution in [-0.4, -0.2) is 13.2 Å². The molecule has 180 valence electrons. The number of alkyl halides is 4. The molecule has 0 saturated heterocycles. The van der Waals surface area contributed by atoms with Gasteiger partial charge in [0.15, 0.2) is 35.5 Å². The van der Waals surface area contributed by atoms with Gasteiger partial charge in [0.2, 0.25) is 0 Å². The Morgan fingerprint density at radius 1 is 0.706 bits per heavy atom. The third-order valence-electron chi connectivity index (χ3n) is 5.43. The average Bonchev–Trinajstić information content (AvgIpc) is 2.81. The van der Waals surface area contributed by atoms with Gasteiger partial charge in [0.1, 0.15) is 5.75 Å². The molecule has 3 nitrogen and oxygen atoms in total. The molecule has 1 aliphatic rings. The number of fused-ring (bicyclic) bond motifs is 3. The van der Waals surface area contributed by atoms with Crippen LogP contribution < -0.4 is 14.2 Å². The number of hydrogen-bond acceptors (Lipinski definition) is 3. The number of rotatable bonds is 7. The van der Waals surface area contributed by atoms with E-state index in [9.17, 15) is 22.0 Å². The molecule has 2 atom stereocenters. The Labute approximate surface area is 191 Å². The van der Waals surface area contributed by atoms with Gasteiger partial charge in [-0.05, 0) is 61.4 Å². The SMILES string of the molecule is CCOc1ccc(C(F)(F)Oc2ccc3c(c2F)C(F)C(F)c2c-3ccc(OCC)c2F)cc1. The van der Waals surface area contributed by atoms with Crippen molar-refractivity contribution >= 4 is 0 Å². The van der Waals surface area contributed by atoms with Crippen molar-refractivity contribution in [3.63, 3.8) is 0 Å². The predicted octanol–water partition coefficient (Wildman–Crippen LogP) is 7.59. The molecule has 4 rings (SSSR count). The van der Waals surface area contributed by atoms with Crippen molar-refractivity contribution < 1.29 is 40.6 Å². The van der Waals surface area contributed by atoms with E-state index in [0.717, 1.165) is 24.3 Å². The van der Waals surface area contributed by atoms with Crippen molar-refractivity contribution in [1.82, 2.24) is 0 Å². The van der Waals surface area contributed by atoms with Crippen LogP contribution in [0.3, 0.4) is 0 Å². The summed E-state index contributed by atoms with van der Waals surface area (Å²) in [5.74, 6) is -3.46. The minimum absolute atomic E-state index is 0.0962. The molecule has 34 heavy (non-hydrogen) atoms. The van der Waals surface area contributed by atoms with Crippen LogP contribution in [0.2, 0.25) is 0 Å². The van der Waals surface area contributed by atoms with Crippen molar-refractivity contribution in [2.24, 2.45) is 0 Å². The standard InChI is InChI=1S/C25H20F6O3/c1-3-32-14-7-5-13(6-8-14)25(30,31)34-18-12-10-16-15-9-11-17(33-4-2)21(26)19(15)23(28)24(29)20(16)22(18)27/h5-12,23-24H,3-4H2,1-2H3. The fourth-order valence-corrected chi connectivity index (χ4v) is 3.90. The predicted molar refractivity (Wildman–Crippen MR) is 113 cm³/mol. The lowest BCUT2D eigenvalue weighted by Gasteiger charge is -2.29. The highest BCUT2D eigenvalue weighted by molar-refractivity contribution is 5.76. The van der Waals surface area contributed by atoms with E-state index >= 15 is 4.39 Å². The van der Waals surface area contributed by atoms with Gasteiger partial charge in [0.25, 0.3) is 0 Å². The van der Waals surface area contributed by atoms with Crippen LogP contribution in [0.1, 0.15) is 42.9 Å². The zero-order valence-electron chi connectivity index (χ0n) is 18.2. The second kappa shape index (κ2) is 9.12. The van der Waals surface area contributed by atoms with Gasteiger partial charge >= 0.3 is 6.11 Å². The largest absolute Gasteiger partial charge is 0.494 e. The van der Waals surface area contributed by atoms with Crippen LogP contribution in [0.4, 0.5) is 26.3 Å². The Bertz CT molecular complexity index is 1200. The molecule has 0 N–H and O–H groups in total. The summed E-state index contributed by atoms with van der Waals surface area (Å²) in [5, 5.41) is 0. The number of benzene rings is 3. The van der Waals surface area contributed by atoms with Crippen LogP contribution in [-0.2, 0) is 6.11 Å². The first kappa shape index (κ1) is 23.8. The smallest absolute Gasteiger partial charge is 0.426 e. The normalized spacial score (nSPS) is 17.1. The van der Waals surface area contributed by atoms with Crippen molar-refractivity contribution in [2.45, 2.75) is 32.3 Å². The van der Waals surface area contributed by atoms with Crippen molar-refractivity contribution in [3.8, 4) is 28.4 Å². The summed E-state index contributed by atoms with van der Waals surface area (Å²) in [7, 11) is 0. The summed E-state index contributed by atoms with van der Waals surface area (Å²) in [6.07, 6.45) is -9.19. The minimum atomic E-state index is -3.98. The lowest BCUT2D eigenvalue weighted by atomic mass is 9.82. The number of hydrogen-bond donors (Lipinski definition) is 0. The van der Waals surface area contributed by atoms with Gasteiger partial charge in [0, 0.05) is 11.1 Å². The highest BCUT2D eigenvalue weighted by Crippen LogP contribution is 2.52. The molecule has 0 heterocycles. The Morgan fingerprint density at radius 2 is 1.21 bits per heavy atom. The number of ether oxygens (including phenoxy) is 3. The Hall–Kier alpha value is -3.36. The summed E-state index contributed by atoms with van der Waals surface area (Å²) in [6, 6.07) is 9.15. The van der Waals surface area contributed by atoms with Crippen LogP contribution >= 0.6 is 0 Å². The molecule has 0 spiro atoms. The van der Waals surface area contributed by atoms with E-state index in [0.29, 0.717) is 12.4 Å². The molecule has 3 aromatic carbocycles. The van der Waals surface area contributed by atoms with Gasteiger partial charge < -0.3 is 14.2 Å². The van der Waals surface area contributed by atoms with Gasteiger partial charge in [-0.15, -0.1) is 0 Å². The molecule has 0 aliphatic heterocycles. The molecule has 0 saturated carbocycles. The average molecular weight is 482 g/mol. The molecule has 9 heteroatoms. The highest BCUT2D eigenvalue weighted by atomic mass is 19.3. The first-order valence-electron chi connectivity index (χ1n) is 10.6. The van der Waals surface area contributed by atoms with Crippen LogP contribution in [0.15, 0.2) is 48.5 Å². The van der Waals surface area contributed by atoms with E-state index in [1.807, 2.05) is 0 Å². The van der Waals surface area contributed by atoms with Gasteiger partial charge in [0.05, 0.1) is 18.8 Å². The van der Waals surface area contributed by atoms with Crippen molar-refractivity contribution in [3.05, 3.63) is 76.9 Å². The van der Waals surface area contributed by atoms with E-state index in [1.54, 1.807) is 13.8 Å². The second-order valence-corrected chi connectivity index (χ2v) is 7.49. The van der Waals surface area contributed by atoms with Gasteiger partial charge in [-0.1, -0.05) is 12.1 Å². The highest BCUT2D eigenvalue weighted by Gasteiger charge is 2.42. The lowest BCUT2D eigenvalue weighted by molar-refractivity contribution is -0.187. The Balaban J connectivity index is 1.72.